The minimum absolute atomic E-state index is 0.112. The standard InChI is InChI=1S/C23H21N3O3/c1-27-21-8-7-16(13-22(21)28-2)18-14-19-17-5-3-4-6-20(17)29-23(26(19)25-18)15-9-11-24-12-10-15/h3-13,19,23H,14H2,1-2H3/t19-,23+/m0/s1. The molecule has 0 spiro atoms. The number of hydrogen-bond donors (Lipinski definition) is 0. The normalized spacial score (nSPS) is 19.7. The molecule has 3 heterocycles. The maximum Gasteiger partial charge on any atom is 0.213 e. The second-order valence-electron chi connectivity index (χ2n) is 7.00. The molecule has 6 nitrogen and oxygen atoms in total. The summed E-state index contributed by atoms with van der Waals surface area (Å²) >= 11 is 0. The fourth-order valence-corrected chi connectivity index (χ4v) is 3.97. The summed E-state index contributed by atoms with van der Waals surface area (Å²) in [5.41, 5.74) is 4.19. The second kappa shape index (κ2) is 7.13. The van der Waals surface area contributed by atoms with Gasteiger partial charge in [0.15, 0.2) is 11.5 Å². The average Bonchev–Trinajstić information content (AvgIpc) is 3.24. The number of hydrogen-bond acceptors (Lipinski definition) is 6. The van der Waals surface area contributed by atoms with Gasteiger partial charge >= 0.3 is 0 Å². The quantitative estimate of drug-likeness (QED) is 0.667. The fraction of sp³-hybridized carbons (Fsp3) is 0.217. The van der Waals surface area contributed by atoms with E-state index in [1.807, 2.05) is 48.5 Å². The van der Waals surface area contributed by atoms with E-state index >= 15 is 0 Å². The number of benzene rings is 2. The van der Waals surface area contributed by atoms with Crippen molar-refractivity contribution >= 4 is 5.71 Å². The van der Waals surface area contributed by atoms with Gasteiger partial charge in [0.25, 0.3) is 0 Å². The first-order valence-corrected chi connectivity index (χ1v) is 9.52. The Labute approximate surface area is 169 Å². The Morgan fingerprint density at radius 2 is 1.76 bits per heavy atom. The van der Waals surface area contributed by atoms with Crippen LogP contribution in [-0.4, -0.2) is 29.9 Å². The summed E-state index contributed by atoms with van der Waals surface area (Å²) in [6.07, 6.45) is 4.06. The molecule has 0 radical (unpaired) electrons. The molecule has 6 heteroatoms. The highest BCUT2D eigenvalue weighted by molar-refractivity contribution is 6.02. The first kappa shape index (κ1) is 17.6. The van der Waals surface area contributed by atoms with Crippen LogP contribution in [0.3, 0.4) is 0 Å². The van der Waals surface area contributed by atoms with E-state index in [0.29, 0.717) is 11.5 Å². The van der Waals surface area contributed by atoms with E-state index in [1.165, 1.54) is 0 Å². The highest BCUT2D eigenvalue weighted by atomic mass is 16.5. The van der Waals surface area contributed by atoms with Crippen molar-refractivity contribution in [2.45, 2.75) is 18.7 Å². The van der Waals surface area contributed by atoms with Crippen molar-refractivity contribution in [3.05, 3.63) is 83.7 Å². The summed E-state index contributed by atoms with van der Waals surface area (Å²) in [6, 6.07) is 18.2. The minimum Gasteiger partial charge on any atom is -0.493 e. The minimum atomic E-state index is -0.296. The lowest BCUT2D eigenvalue weighted by Gasteiger charge is -2.38. The van der Waals surface area contributed by atoms with Crippen LogP contribution < -0.4 is 14.2 Å². The van der Waals surface area contributed by atoms with Crippen molar-refractivity contribution in [1.29, 1.82) is 0 Å². The summed E-state index contributed by atoms with van der Waals surface area (Å²) < 4.78 is 17.2. The third-order valence-electron chi connectivity index (χ3n) is 5.41. The molecule has 0 amide bonds. The molecule has 5 rings (SSSR count). The number of ether oxygens (including phenoxy) is 3. The van der Waals surface area contributed by atoms with Gasteiger partial charge in [-0.2, -0.15) is 5.10 Å². The van der Waals surface area contributed by atoms with E-state index in [2.05, 4.69) is 16.1 Å². The molecule has 29 heavy (non-hydrogen) atoms. The smallest absolute Gasteiger partial charge is 0.213 e. The molecule has 2 aromatic carbocycles. The SMILES string of the molecule is COc1ccc(C2=NN3[C@@H](c4ccncc4)Oc4ccccc4[C@@H]3C2)cc1OC. The van der Waals surface area contributed by atoms with Gasteiger partial charge in [-0.25, -0.2) is 5.01 Å². The van der Waals surface area contributed by atoms with E-state index in [-0.39, 0.29) is 12.3 Å². The zero-order chi connectivity index (χ0) is 19.8. The molecule has 2 atom stereocenters. The summed E-state index contributed by atoms with van der Waals surface area (Å²) in [5.74, 6) is 2.30. The lowest BCUT2D eigenvalue weighted by Crippen LogP contribution is -2.33. The third-order valence-corrected chi connectivity index (χ3v) is 5.41. The monoisotopic (exact) mass is 387 g/mol. The zero-order valence-electron chi connectivity index (χ0n) is 16.3. The highest BCUT2D eigenvalue weighted by Crippen LogP contribution is 2.47. The molecule has 0 unspecified atom stereocenters. The van der Waals surface area contributed by atoms with Crippen LogP contribution >= 0.6 is 0 Å². The van der Waals surface area contributed by atoms with Gasteiger partial charge in [0, 0.05) is 35.5 Å². The Morgan fingerprint density at radius 3 is 2.55 bits per heavy atom. The zero-order valence-corrected chi connectivity index (χ0v) is 16.3. The Bertz CT molecular complexity index is 1070. The van der Waals surface area contributed by atoms with Crippen molar-refractivity contribution in [2.24, 2.45) is 5.10 Å². The van der Waals surface area contributed by atoms with E-state index in [0.717, 1.165) is 34.6 Å². The highest BCUT2D eigenvalue weighted by Gasteiger charge is 2.40. The van der Waals surface area contributed by atoms with Gasteiger partial charge in [0.05, 0.1) is 26.0 Å². The number of para-hydroxylation sites is 1. The van der Waals surface area contributed by atoms with E-state index in [4.69, 9.17) is 19.3 Å². The van der Waals surface area contributed by atoms with Crippen molar-refractivity contribution in [3.8, 4) is 17.2 Å². The van der Waals surface area contributed by atoms with Crippen LogP contribution in [0.4, 0.5) is 0 Å². The number of pyridine rings is 1. The molecule has 2 aliphatic heterocycles. The van der Waals surface area contributed by atoms with Crippen LogP contribution in [0.1, 0.15) is 35.4 Å². The third kappa shape index (κ3) is 2.97. The van der Waals surface area contributed by atoms with Gasteiger partial charge < -0.3 is 14.2 Å². The van der Waals surface area contributed by atoms with Gasteiger partial charge in [-0.05, 0) is 36.4 Å². The first-order chi connectivity index (χ1) is 14.3. The van der Waals surface area contributed by atoms with Crippen molar-refractivity contribution in [2.75, 3.05) is 14.2 Å². The lowest BCUT2D eigenvalue weighted by molar-refractivity contribution is -0.0190. The summed E-state index contributed by atoms with van der Waals surface area (Å²) in [5, 5.41) is 7.04. The van der Waals surface area contributed by atoms with Crippen LogP contribution in [0.2, 0.25) is 0 Å². The Balaban J connectivity index is 1.57. The number of fused-ring (bicyclic) bond motifs is 3. The number of hydrazone groups is 1. The van der Waals surface area contributed by atoms with Crippen LogP contribution in [0.25, 0.3) is 0 Å². The number of nitrogens with zero attached hydrogens (tertiary/aromatic N) is 3. The average molecular weight is 387 g/mol. The molecule has 0 bridgehead atoms. The van der Waals surface area contributed by atoms with Gasteiger partial charge in [0.1, 0.15) is 5.75 Å². The summed E-state index contributed by atoms with van der Waals surface area (Å²) in [4.78, 5) is 4.13. The predicted octanol–water partition coefficient (Wildman–Crippen LogP) is 4.34. The molecule has 2 aliphatic rings. The number of aromatic nitrogens is 1. The molecule has 1 aromatic heterocycles. The summed E-state index contributed by atoms with van der Waals surface area (Å²) in [6.45, 7) is 0. The van der Waals surface area contributed by atoms with Gasteiger partial charge in [-0.1, -0.05) is 18.2 Å². The predicted molar refractivity (Wildman–Crippen MR) is 109 cm³/mol. The van der Waals surface area contributed by atoms with Crippen molar-refractivity contribution in [1.82, 2.24) is 9.99 Å². The van der Waals surface area contributed by atoms with Crippen LogP contribution in [0, 0.1) is 0 Å². The molecular weight excluding hydrogens is 366 g/mol. The van der Waals surface area contributed by atoms with Crippen molar-refractivity contribution in [3.63, 3.8) is 0 Å². The van der Waals surface area contributed by atoms with Gasteiger partial charge in [-0.3, -0.25) is 4.98 Å². The topological polar surface area (TPSA) is 56.2 Å². The van der Waals surface area contributed by atoms with E-state index < -0.39 is 0 Å². The maximum atomic E-state index is 6.34. The Hall–Kier alpha value is -3.54. The molecule has 0 saturated carbocycles. The molecule has 146 valence electrons. The molecule has 0 saturated heterocycles. The number of rotatable bonds is 4. The van der Waals surface area contributed by atoms with E-state index in [9.17, 15) is 0 Å². The molecule has 0 aliphatic carbocycles. The number of methoxy groups -OCH3 is 2. The fourth-order valence-electron chi connectivity index (χ4n) is 3.97. The van der Waals surface area contributed by atoms with Crippen LogP contribution in [0.15, 0.2) is 72.1 Å². The van der Waals surface area contributed by atoms with E-state index in [1.54, 1.807) is 26.6 Å². The maximum absolute atomic E-state index is 6.34. The first-order valence-electron chi connectivity index (χ1n) is 9.52. The largest absolute Gasteiger partial charge is 0.493 e. The lowest BCUT2D eigenvalue weighted by atomic mass is 9.96. The van der Waals surface area contributed by atoms with Gasteiger partial charge in [-0.15, -0.1) is 0 Å². The molecule has 0 N–H and O–H groups in total. The van der Waals surface area contributed by atoms with Crippen LogP contribution in [0.5, 0.6) is 17.2 Å². The molecular formula is C23H21N3O3. The van der Waals surface area contributed by atoms with Gasteiger partial charge in [0.2, 0.25) is 6.23 Å². The Morgan fingerprint density at radius 1 is 0.966 bits per heavy atom. The van der Waals surface area contributed by atoms with Crippen LogP contribution in [-0.2, 0) is 0 Å². The Kier molecular flexibility index (Phi) is 4.31. The summed E-state index contributed by atoms with van der Waals surface area (Å²) in [7, 11) is 3.28. The van der Waals surface area contributed by atoms with Crippen molar-refractivity contribution < 1.29 is 14.2 Å². The second-order valence-corrected chi connectivity index (χ2v) is 7.00. The molecule has 3 aromatic rings. The molecule has 0 fully saturated rings.